The summed E-state index contributed by atoms with van der Waals surface area (Å²) < 4.78 is 5.98. The molecule has 4 aromatic rings. The van der Waals surface area contributed by atoms with Crippen LogP contribution in [0.1, 0.15) is 16.7 Å². The molecule has 0 atom stereocenters. The topological polar surface area (TPSA) is 71.9 Å². The number of anilines is 1. The van der Waals surface area contributed by atoms with Crippen molar-refractivity contribution in [3.05, 3.63) is 95.6 Å². The molecule has 0 aliphatic rings. The van der Waals surface area contributed by atoms with E-state index in [4.69, 9.17) is 10.5 Å². The third kappa shape index (κ3) is 3.74. The number of nitriles is 1. The highest BCUT2D eigenvalue weighted by atomic mass is 16.5. The fraction of sp³-hybridized carbons (Fsp3) is 0.0769. The molecule has 0 amide bonds. The number of aryl methyl sites for hydroxylation is 1. The molecule has 0 saturated heterocycles. The second-order valence-electron chi connectivity index (χ2n) is 7.14. The van der Waals surface area contributed by atoms with Gasteiger partial charge in [0, 0.05) is 11.1 Å². The van der Waals surface area contributed by atoms with E-state index in [2.05, 4.69) is 11.1 Å². The van der Waals surface area contributed by atoms with Crippen molar-refractivity contribution in [3.8, 4) is 40.0 Å². The van der Waals surface area contributed by atoms with Crippen molar-refractivity contribution in [1.29, 1.82) is 5.26 Å². The molecule has 0 bridgehead atoms. The van der Waals surface area contributed by atoms with Gasteiger partial charge in [0.05, 0.1) is 5.69 Å². The van der Waals surface area contributed by atoms with Crippen molar-refractivity contribution >= 4 is 5.82 Å². The summed E-state index contributed by atoms with van der Waals surface area (Å²) in [5.41, 5.74) is 12.0. The average Bonchev–Trinajstić information content (AvgIpc) is 2.76. The van der Waals surface area contributed by atoms with Crippen LogP contribution in [-0.2, 0) is 0 Å². The number of hydrogen-bond donors (Lipinski definition) is 1. The highest BCUT2D eigenvalue weighted by molar-refractivity contribution is 5.84. The first-order valence-electron chi connectivity index (χ1n) is 9.67. The average molecular weight is 391 g/mol. The molecule has 4 heteroatoms. The molecule has 0 spiro atoms. The van der Waals surface area contributed by atoms with Gasteiger partial charge in [-0.25, -0.2) is 4.98 Å². The van der Waals surface area contributed by atoms with Gasteiger partial charge in [0.2, 0.25) is 0 Å². The second-order valence-corrected chi connectivity index (χ2v) is 7.14. The lowest BCUT2D eigenvalue weighted by Crippen LogP contribution is -2.03. The number of ether oxygens (including phenoxy) is 1. The Morgan fingerprint density at radius 3 is 2.23 bits per heavy atom. The third-order valence-corrected chi connectivity index (χ3v) is 5.01. The first-order valence-corrected chi connectivity index (χ1v) is 9.67. The normalized spacial score (nSPS) is 10.4. The molecule has 3 aromatic carbocycles. The fourth-order valence-corrected chi connectivity index (χ4v) is 3.50. The SMILES string of the molecule is Cc1ccc(-c2nc(N)c(C#N)c(-c3cccc(Oc4ccccc4)c3)c2C)cc1. The lowest BCUT2D eigenvalue weighted by atomic mass is 9.92. The van der Waals surface area contributed by atoms with Crippen molar-refractivity contribution in [2.45, 2.75) is 13.8 Å². The van der Waals surface area contributed by atoms with E-state index in [1.165, 1.54) is 5.56 Å². The standard InChI is InChI=1S/C26H21N3O/c1-17-11-13-19(14-12-17)25-18(2)24(23(16-27)26(28)29-25)20-7-6-10-22(15-20)30-21-8-4-3-5-9-21/h3-15H,1-2H3,(H2,28,29). The number of hydrogen-bond acceptors (Lipinski definition) is 4. The summed E-state index contributed by atoms with van der Waals surface area (Å²) in [7, 11) is 0. The minimum absolute atomic E-state index is 0.225. The Kier molecular flexibility index (Phi) is 5.19. The molecule has 4 rings (SSSR count). The molecule has 30 heavy (non-hydrogen) atoms. The fourth-order valence-electron chi connectivity index (χ4n) is 3.50. The molecular formula is C26H21N3O. The van der Waals surface area contributed by atoms with Crippen molar-refractivity contribution in [1.82, 2.24) is 4.98 Å². The Hall–Kier alpha value is -4.10. The molecule has 0 aliphatic heterocycles. The summed E-state index contributed by atoms with van der Waals surface area (Å²) in [6.07, 6.45) is 0. The first-order chi connectivity index (χ1) is 14.6. The molecule has 0 fully saturated rings. The van der Waals surface area contributed by atoms with Crippen LogP contribution in [0.25, 0.3) is 22.4 Å². The minimum Gasteiger partial charge on any atom is -0.457 e. The van der Waals surface area contributed by atoms with E-state index < -0.39 is 0 Å². The van der Waals surface area contributed by atoms with Gasteiger partial charge in [0.15, 0.2) is 0 Å². The summed E-state index contributed by atoms with van der Waals surface area (Å²) in [5.74, 6) is 1.67. The number of nitrogens with two attached hydrogens (primary N) is 1. The number of nitrogens with zero attached hydrogens (tertiary/aromatic N) is 2. The van der Waals surface area contributed by atoms with E-state index in [-0.39, 0.29) is 5.82 Å². The van der Waals surface area contributed by atoms with Crippen molar-refractivity contribution in [2.24, 2.45) is 0 Å². The maximum atomic E-state index is 9.79. The predicted molar refractivity (Wildman–Crippen MR) is 120 cm³/mol. The lowest BCUT2D eigenvalue weighted by molar-refractivity contribution is 0.483. The Labute approximate surface area is 176 Å². The van der Waals surface area contributed by atoms with Gasteiger partial charge in [-0.15, -0.1) is 0 Å². The monoisotopic (exact) mass is 391 g/mol. The van der Waals surface area contributed by atoms with Gasteiger partial charge < -0.3 is 10.5 Å². The molecule has 0 aliphatic carbocycles. The summed E-state index contributed by atoms with van der Waals surface area (Å²) >= 11 is 0. The maximum Gasteiger partial charge on any atom is 0.142 e. The van der Waals surface area contributed by atoms with E-state index >= 15 is 0 Å². The van der Waals surface area contributed by atoms with Crippen LogP contribution < -0.4 is 10.5 Å². The van der Waals surface area contributed by atoms with Gasteiger partial charge in [-0.3, -0.25) is 0 Å². The molecular weight excluding hydrogens is 370 g/mol. The number of benzene rings is 3. The molecule has 2 N–H and O–H groups in total. The Morgan fingerprint density at radius 1 is 0.833 bits per heavy atom. The Morgan fingerprint density at radius 2 is 1.53 bits per heavy atom. The van der Waals surface area contributed by atoms with Crippen LogP contribution in [0.15, 0.2) is 78.9 Å². The van der Waals surface area contributed by atoms with E-state index in [0.717, 1.165) is 33.7 Å². The number of rotatable bonds is 4. The number of aromatic nitrogens is 1. The van der Waals surface area contributed by atoms with Crippen molar-refractivity contribution in [3.63, 3.8) is 0 Å². The first kappa shape index (κ1) is 19.2. The van der Waals surface area contributed by atoms with Gasteiger partial charge in [-0.1, -0.05) is 60.2 Å². The number of nitrogen functional groups attached to an aromatic ring is 1. The smallest absolute Gasteiger partial charge is 0.142 e. The van der Waals surface area contributed by atoms with Crippen LogP contribution in [0.2, 0.25) is 0 Å². The number of para-hydroxylation sites is 1. The summed E-state index contributed by atoms with van der Waals surface area (Å²) in [6, 6.07) is 27.6. The van der Waals surface area contributed by atoms with Gasteiger partial charge in [-0.2, -0.15) is 5.26 Å². The van der Waals surface area contributed by atoms with E-state index in [1.54, 1.807) is 0 Å². The maximum absolute atomic E-state index is 9.79. The van der Waals surface area contributed by atoms with Crippen LogP contribution in [0, 0.1) is 25.2 Å². The largest absolute Gasteiger partial charge is 0.457 e. The minimum atomic E-state index is 0.225. The predicted octanol–water partition coefficient (Wildman–Crippen LogP) is 6.28. The molecule has 1 heterocycles. The van der Waals surface area contributed by atoms with Crippen molar-refractivity contribution < 1.29 is 4.74 Å². The van der Waals surface area contributed by atoms with Crippen LogP contribution in [0.4, 0.5) is 5.82 Å². The molecule has 1 aromatic heterocycles. The quantitative estimate of drug-likeness (QED) is 0.444. The number of pyridine rings is 1. The van der Waals surface area contributed by atoms with Gasteiger partial charge in [0.1, 0.15) is 28.9 Å². The van der Waals surface area contributed by atoms with E-state index in [0.29, 0.717) is 11.3 Å². The third-order valence-electron chi connectivity index (χ3n) is 5.01. The Bertz CT molecular complexity index is 1240. The molecule has 146 valence electrons. The van der Waals surface area contributed by atoms with Crippen LogP contribution in [0.3, 0.4) is 0 Å². The van der Waals surface area contributed by atoms with Crippen LogP contribution in [0.5, 0.6) is 11.5 Å². The van der Waals surface area contributed by atoms with Gasteiger partial charge in [0.25, 0.3) is 0 Å². The van der Waals surface area contributed by atoms with E-state index in [9.17, 15) is 5.26 Å². The second kappa shape index (κ2) is 8.10. The zero-order valence-electron chi connectivity index (χ0n) is 16.9. The molecule has 0 saturated carbocycles. The molecule has 4 nitrogen and oxygen atoms in total. The van der Waals surface area contributed by atoms with Gasteiger partial charge in [-0.05, 0) is 49.2 Å². The van der Waals surface area contributed by atoms with Crippen LogP contribution in [-0.4, -0.2) is 4.98 Å². The molecule has 0 unspecified atom stereocenters. The van der Waals surface area contributed by atoms with E-state index in [1.807, 2.05) is 92.7 Å². The summed E-state index contributed by atoms with van der Waals surface area (Å²) in [6.45, 7) is 4.02. The Balaban J connectivity index is 1.85. The van der Waals surface area contributed by atoms with Crippen molar-refractivity contribution in [2.75, 3.05) is 5.73 Å². The van der Waals surface area contributed by atoms with Crippen LogP contribution >= 0.6 is 0 Å². The highest BCUT2D eigenvalue weighted by Gasteiger charge is 2.18. The zero-order chi connectivity index (χ0) is 21.1. The summed E-state index contributed by atoms with van der Waals surface area (Å²) in [5, 5.41) is 9.79. The van der Waals surface area contributed by atoms with Gasteiger partial charge >= 0.3 is 0 Å². The molecule has 0 radical (unpaired) electrons. The summed E-state index contributed by atoms with van der Waals surface area (Å²) in [4.78, 5) is 4.54. The highest BCUT2D eigenvalue weighted by Crippen LogP contribution is 2.37. The lowest BCUT2D eigenvalue weighted by Gasteiger charge is -2.16. The zero-order valence-corrected chi connectivity index (χ0v) is 16.9.